The highest BCUT2D eigenvalue weighted by molar-refractivity contribution is 5.99. The number of carboxylic acids is 1. The fraction of sp³-hybridized carbons (Fsp3) is 0.429. The number of anilines is 4. The largest absolute Gasteiger partial charge is 0.480 e. The number of aromatic nitrogens is 2. The van der Waals surface area contributed by atoms with Gasteiger partial charge in [-0.2, -0.15) is 4.98 Å². The Bertz CT molecular complexity index is 973. The first kappa shape index (κ1) is 21.8. The third kappa shape index (κ3) is 5.06. The molecule has 170 valence electrons. The molecule has 2 aliphatic heterocycles. The molecule has 2 aromatic rings. The van der Waals surface area contributed by atoms with Crippen LogP contribution in [0.15, 0.2) is 36.5 Å². The van der Waals surface area contributed by atoms with Crippen molar-refractivity contribution in [2.24, 2.45) is 0 Å². The summed E-state index contributed by atoms with van der Waals surface area (Å²) in [5.74, 6) is -0.0430. The number of aliphatic hydroxyl groups excluding tert-OH is 1. The van der Waals surface area contributed by atoms with Crippen molar-refractivity contribution in [2.45, 2.75) is 24.9 Å². The van der Waals surface area contributed by atoms with Gasteiger partial charge in [-0.1, -0.05) is 6.07 Å². The number of carboxylic acid groups (broad SMARTS) is 1. The number of nitrogens with zero attached hydrogens (tertiary/aromatic N) is 4. The van der Waals surface area contributed by atoms with Gasteiger partial charge >= 0.3 is 12.0 Å². The molecular weight excluding hydrogens is 414 g/mol. The number of aliphatic carboxylic acids is 1. The van der Waals surface area contributed by atoms with Crippen molar-refractivity contribution in [2.75, 3.05) is 53.2 Å². The molecule has 1 aromatic heterocycles. The zero-order chi connectivity index (χ0) is 22.5. The van der Waals surface area contributed by atoms with E-state index in [4.69, 9.17) is 0 Å². The van der Waals surface area contributed by atoms with Gasteiger partial charge in [0.1, 0.15) is 11.9 Å². The number of aliphatic hydroxyl groups is 1. The summed E-state index contributed by atoms with van der Waals surface area (Å²) < 4.78 is 0. The van der Waals surface area contributed by atoms with Gasteiger partial charge in [0.05, 0.1) is 12.6 Å². The van der Waals surface area contributed by atoms with E-state index in [2.05, 4.69) is 25.9 Å². The summed E-state index contributed by atoms with van der Waals surface area (Å²) in [5.41, 5.74) is 1.42. The maximum absolute atomic E-state index is 12.5. The number of carbonyl (C=O) groups excluding carboxylic acids is 1. The van der Waals surface area contributed by atoms with Crippen LogP contribution in [0.5, 0.6) is 0 Å². The van der Waals surface area contributed by atoms with E-state index in [1.807, 2.05) is 28.0 Å². The second-order valence-corrected chi connectivity index (χ2v) is 7.83. The smallest absolute Gasteiger partial charge is 0.324 e. The van der Waals surface area contributed by atoms with Crippen molar-refractivity contribution < 1.29 is 19.8 Å². The lowest BCUT2D eigenvalue weighted by Crippen LogP contribution is -2.54. The van der Waals surface area contributed by atoms with E-state index in [1.165, 1.54) is 0 Å². The molecule has 4 rings (SSSR count). The van der Waals surface area contributed by atoms with Gasteiger partial charge < -0.3 is 30.6 Å². The summed E-state index contributed by atoms with van der Waals surface area (Å²) in [5, 5.41) is 27.3. The zero-order valence-electron chi connectivity index (χ0n) is 17.6. The highest BCUT2D eigenvalue weighted by atomic mass is 16.4. The maximum atomic E-state index is 12.5. The van der Waals surface area contributed by atoms with Crippen LogP contribution in [0.4, 0.5) is 27.9 Å². The second-order valence-electron chi connectivity index (χ2n) is 7.83. The number of carbonyl (C=O) groups is 2. The van der Waals surface area contributed by atoms with E-state index in [1.54, 1.807) is 18.3 Å². The minimum atomic E-state index is -0.883. The quantitative estimate of drug-likeness (QED) is 0.443. The molecule has 2 fully saturated rings. The molecule has 2 unspecified atom stereocenters. The normalized spacial score (nSPS) is 20.8. The molecule has 2 aliphatic rings. The van der Waals surface area contributed by atoms with Gasteiger partial charge in [-0.05, 0) is 37.1 Å². The Kier molecular flexibility index (Phi) is 6.66. The van der Waals surface area contributed by atoms with Gasteiger partial charge in [-0.3, -0.25) is 10.1 Å². The number of hydrogen-bond acceptors (Lipinski definition) is 8. The van der Waals surface area contributed by atoms with Crippen LogP contribution in [-0.4, -0.2) is 77.1 Å². The molecule has 5 N–H and O–H groups in total. The lowest BCUT2D eigenvalue weighted by atomic mass is 10.1. The predicted molar refractivity (Wildman–Crippen MR) is 120 cm³/mol. The van der Waals surface area contributed by atoms with E-state index in [0.29, 0.717) is 37.1 Å². The van der Waals surface area contributed by atoms with Crippen LogP contribution in [0.3, 0.4) is 0 Å². The molecule has 2 saturated heterocycles. The van der Waals surface area contributed by atoms with Crippen molar-refractivity contribution >= 4 is 35.1 Å². The molecule has 2 atom stereocenters. The summed E-state index contributed by atoms with van der Waals surface area (Å²) in [6, 6.07) is 7.80. The first-order chi connectivity index (χ1) is 15.5. The third-order valence-electron chi connectivity index (χ3n) is 5.67. The average Bonchev–Trinajstić information content (AvgIpc) is 3.28. The SMILES string of the molecule is O=C(Nc1cccc(N2CCNC(C(=O)O)C2)c1)Nc1ccnc(N2CCCC2CO)n1. The van der Waals surface area contributed by atoms with Crippen LogP contribution >= 0.6 is 0 Å². The monoisotopic (exact) mass is 441 g/mol. The summed E-state index contributed by atoms with van der Waals surface area (Å²) in [6.45, 7) is 2.40. The summed E-state index contributed by atoms with van der Waals surface area (Å²) >= 11 is 0. The van der Waals surface area contributed by atoms with E-state index in [0.717, 1.165) is 25.1 Å². The molecule has 0 saturated carbocycles. The first-order valence-corrected chi connectivity index (χ1v) is 10.6. The Hall–Kier alpha value is -3.44. The highest BCUT2D eigenvalue weighted by Gasteiger charge is 2.26. The topological polar surface area (TPSA) is 143 Å². The zero-order valence-corrected chi connectivity index (χ0v) is 17.6. The van der Waals surface area contributed by atoms with E-state index >= 15 is 0 Å². The van der Waals surface area contributed by atoms with Crippen LogP contribution in [0.2, 0.25) is 0 Å². The molecule has 0 bridgehead atoms. The Morgan fingerprint density at radius 2 is 2.09 bits per heavy atom. The number of rotatable bonds is 6. The molecule has 3 heterocycles. The van der Waals surface area contributed by atoms with E-state index in [-0.39, 0.29) is 12.6 Å². The minimum Gasteiger partial charge on any atom is -0.480 e. The second kappa shape index (κ2) is 9.79. The fourth-order valence-corrected chi connectivity index (χ4v) is 4.05. The van der Waals surface area contributed by atoms with Gasteiger partial charge in [0, 0.05) is 43.8 Å². The summed E-state index contributed by atoms with van der Waals surface area (Å²) in [7, 11) is 0. The molecule has 2 amide bonds. The number of hydrogen-bond donors (Lipinski definition) is 5. The standard InChI is InChI=1S/C21H27N7O4/c29-13-16-5-2-9-28(16)20-23-7-6-18(25-20)26-21(32)24-14-3-1-4-15(11-14)27-10-8-22-17(12-27)19(30)31/h1,3-4,6-7,11,16-17,22,29H,2,5,8-10,12-13H2,(H,30,31)(H2,23,24,25,26,32). The van der Waals surface area contributed by atoms with Crippen molar-refractivity contribution in [1.29, 1.82) is 0 Å². The molecule has 32 heavy (non-hydrogen) atoms. The fourth-order valence-electron chi connectivity index (χ4n) is 4.05. The Morgan fingerprint density at radius 1 is 1.22 bits per heavy atom. The maximum Gasteiger partial charge on any atom is 0.324 e. The van der Waals surface area contributed by atoms with E-state index < -0.39 is 18.0 Å². The van der Waals surface area contributed by atoms with E-state index in [9.17, 15) is 19.8 Å². The molecular formula is C21H27N7O4. The molecule has 0 spiro atoms. The summed E-state index contributed by atoms with van der Waals surface area (Å²) in [4.78, 5) is 36.4. The lowest BCUT2D eigenvalue weighted by molar-refractivity contribution is -0.139. The number of benzene rings is 1. The molecule has 11 nitrogen and oxygen atoms in total. The number of nitrogens with one attached hydrogen (secondary N) is 3. The lowest BCUT2D eigenvalue weighted by Gasteiger charge is -2.33. The molecule has 0 aliphatic carbocycles. The van der Waals surface area contributed by atoms with Crippen molar-refractivity contribution in [3.63, 3.8) is 0 Å². The van der Waals surface area contributed by atoms with Gasteiger partial charge in [-0.15, -0.1) is 0 Å². The van der Waals surface area contributed by atoms with Gasteiger partial charge in [0.15, 0.2) is 0 Å². The van der Waals surface area contributed by atoms with Gasteiger partial charge in [0.25, 0.3) is 0 Å². The highest BCUT2D eigenvalue weighted by Crippen LogP contribution is 2.23. The van der Waals surface area contributed by atoms with Crippen molar-refractivity contribution in [3.8, 4) is 0 Å². The average molecular weight is 441 g/mol. The van der Waals surface area contributed by atoms with Gasteiger partial charge in [0.2, 0.25) is 5.95 Å². The van der Waals surface area contributed by atoms with Crippen LogP contribution < -0.4 is 25.8 Å². The van der Waals surface area contributed by atoms with Crippen LogP contribution in [0.1, 0.15) is 12.8 Å². The molecule has 0 radical (unpaired) electrons. The summed E-state index contributed by atoms with van der Waals surface area (Å²) in [6.07, 6.45) is 3.42. The van der Waals surface area contributed by atoms with Crippen LogP contribution in [-0.2, 0) is 4.79 Å². The number of urea groups is 1. The van der Waals surface area contributed by atoms with Crippen LogP contribution in [0, 0.1) is 0 Å². The molecule has 1 aromatic carbocycles. The Morgan fingerprint density at radius 3 is 2.91 bits per heavy atom. The van der Waals surface area contributed by atoms with Crippen molar-refractivity contribution in [3.05, 3.63) is 36.5 Å². The predicted octanol–water partition coefficient (Wildman–Crippen LogP) is 0.944. The van der Waals surface area contributed by atoms with Crippen LogP contribution in [0.25, 0.3) is 0 Å². The first-order valence-electron chi connectivity index (χ1n) is 10.6. The van der Waals surface area contributed by atoms with Gasteiger partial charge in [-0.25, -0.2) is 9.78 Å². The number of amides is 2. The Labute approximate surface area is 185 Å². The third-order valence-corrected chi connectivity index (χ3v) is 5.67. The Balaban J connectivity index is 1.39. The molecule has 11 heteroatoms. The van der Waals surface area contributed by atoms with Crippen molar-refractivity contribution in [1.82, 2.24) is 15.3 Å². The number of piperazine rings is 1. The minimum absolute atomic E-state index is 0.00692.